The molecule has 0 saturated carbocycles. The van der Waals surface area contributed by atoms with Gasteiger partial charge < -0.3 is 5.32 Å². The summed E-state index contributed by atoms with van der Waals surface area (Å²) in [4.78, 5) is 23.1. The number of nitrogens with one attached hydrogen (secondary N) is 1. The molecule has 1 unspecified atom stereocenters. The quantitative estimate of drug-likeness (QED) is 0.805. The summed E-state index contributed by atoms with van der Waals surface area (Å²) in [6.45, 7) is 13.3. The zero-order valence-electron chi connectivity index (χ0n) is 11.6. The van der Waals surface area contributed by atoms with Crippen molar-refractivity contribution in [3.63, 3.8) is 0 Å². The summed E-state index contributed by atoms with van der Waals surface area (Å²) in [5, 5.41) is 2.86. The van der Waals surface area contributed by atoms with E-state index in [4.69, 9.17) is 0 Å². The first kappa shape index (κ1) is 15.1. The molecule has 94 valence electrons. The molecule has 0 fully saturated rings. The van der Waals surface area contributed by atoms with Crippen LogP contribution >= 0.6 is 0 Å². The third kappa shape index (κ3) is 5.29. The first-order valence-corrected chi connectivity index (χ1v) is 5.75. The van der Waals surface area contributed by atoms with Crippen LogP contribution in [0.15, 0.2) is 0 Å². The fourth-order valence-electron chi connectivity index (χ4n) is 1.31. The minimum absolute atomic E-state index is 0.0818. The van der Waals surface area contributed by atoms with Gasteiger partial charge in [-0.2, -0.15) is 0 Å². The van der Waals surface area contributed by atoms with E-state index in [9.17, 15) is 9.59 Å². The van der Waals surface area contributed by atoms with Crippen LogP contribution in [0.5, 0.6) is 0 Å². The highest BCUT2D eigenvalue weighted by Gasteiger charge is 2.31. The lowest BCUT2D eigenvalue weighted by Crippen LogP contribution is -2.45. The van der Waals surface area contributed by atoms with E-state index in [2.05, 4.69) is 5.32 Å². The Hall–Kier alpha value is -0.860. The van der Waals surface area contributed by atoms with Crippen molar-refractivity contribution in [1.29, 1.82) is 0 Å². The van der Waals surface area contributed by atoms with Crippen LogP contribution in [0.2, 0.25) is 0 Å². The summed E-state index contributed by atoms with van der Waals surface area (Å²) >= 11 is 0. The van der Waals surface area contributed by atoms with Crippen LogP contribution in [0.1, 0.15) is 54.9 Å². The van der Waals surface area contributed by atoms with Crippen molar-refractivity contribution in [3.05, 3.63) is 0 Å². The number of hydrogen-bond donors (Lipinski definition) is 1. The second-order valence-corrected chi connectivity index (χ2v) is 6.50. The van der Waals surface area contributed by atoms with Gasteiger partial charge in [0.1, 0.15) is 5.78 Å². The summed E-state index contributed by atoms with van der Waals surface area (Å²) in [5.74, 6) is 0.0998. The highest BCUT2D eigenvalue weighted by Crippen LogP contribution is 2.26. The Labute approximate surface area is 99.0 Å². The second kappa shape index (κ2) is 4.98. The van der Waals surface area contributed by atoms with Gasteiger partial charge in [-0.15, -0.1) is 0 Å². The molecule has 1 amide bonds. The SMILES string of the molecule is CC(=O)NC(CC(=O)C(C)(C)C)C(C)(C)C. The maximum atomic E-state index is 12.0. The van der Waals surface area contributed by atoms with Crippen LogP contribution in [-0.4, -0.2) is 17.7 Å². The fourth-order valence-corrected chi connectivity index (χ4v) is 1.31. The summed E-state index contributed by atoms with van der Waals surface area (Å²) in [6.07, 6.45) is 0.395. The lowest BCUT2D eigenvalue weighted by molar-refractivity contribution is -0.128. The molecule has 0 bridgehead atoms. The van der Waals surface area contributed by atoms with Gasteiger partial charge in [-0.1, -0.05) is 41.5 Å². The van der Waals surface area contributed by atoms with Crippen LogP contribution in [0, 0.1) is 10.8 Å². The van der Waals surface area contributed by atoms with E-state index in [0.29, 0.717) is 6.42 Å². The average Bonchev–Trinajstić information content (AvgIpc) is 1.98. The van der Waals surface area contributed by atoms with Crippen molar-refractivity contribution < 1.29 is 9.59 Å². The summed E-state index contributed by atoms with van der Waals surface area (Å²) < 4.78 is 0. The fraction of sp³-hybridized carbons (Fsp3) is 0.846. The van der Waals surface area contributed by atoms with Gasteiger partial charge in [0.2, 0.25) is 5.91 Å². The molecule has 1 N–H and O–H groups in total. The highest BCUT2D eigenvalue weighted by atomic mass is 16.1. The molecule has 0 aliphatic rings. The van der Waals surface area contributed by atoms with E-state index in [0.717, 1.165) is 0 Å². The molecule has 1 atom stereocenters. The lowest BCUT2D eigenvalue weighted by Gasteiger charge is -2.32. The molecule has 0 radical (unpaired) electrons. The number of Topliss-reactive ketones (excluding diaryl/α,β-unsaturated/α-hetero) is 1. The van der Waals surface area contributed by atoms with Gasteiger partial charge in [-0.3, -0.25) is 9.59 Å². The molecular formula is C13H25NO2. The van der Waals surface area contributed by atoms with Crippen LogP contribution in [0.3, 0.4) is 0 Å². The average molecular weight is 227 g/mol. The molecule has 3 nitrogen and oxygen atoms in total. The Morgan fingerprint density at radius 1 is 1.06 bits per heavy atom. The van der Waals surface area contributed by atoms with E-state index < -0.39 is 0 Å². The molecule has 0 spiro atoms. The molecule has 0 aromatic heterocycles. The molecule has 3 heteroatoms. The van der Waals surface area contributed by atoms with Crippen LogP contribution in [-0.2, 0) is 9.59 Å². The molecule has 0 aromatic carbocycles. The molecule has 0 saturated heterocycles. The maximum absolute atomic E-state index is 12.0. The third-order valence-electron chi connectivity index (χ3n) is 2.65. The van der Waals surface area contributed by atoms with Crippen molar-refractivity contribution in [2.75, 3.05) is 0 Å². The predicted molar refractivity (Wildman–Crippen MR) is 66.1 cm³/mol. The zero-order chi connectivity index (χ0) is 13.1. The van der Waals surface area contributed by atoms with Gasteiger partial charge >= 0.3 is 0 Å². The minimum atomic E-state index is -0.345. The van der Waals surface area contributed by atoms with E-state index in [1.165, 1.54) is 6.92 Å². The molecule has 0 rings (SSSR count). The Balaban J connectivity index is 4.70. The van der Waals surface area contributed by atoms with Gasteiger partial charge in [0.15, 0.2) is 0 Å². The Morgan fingerprint density at radius 2 is 1.50 bits per heavy atom. The normalized spacial score (nSPS) is 14.4. The topological polar surface area (TPSA) is 46.2 Å². The van der Waals surface area contributed by atoms with Gasteiger partial charge in [-0.05, 0) is 5.41 Å². The second-order valence-electron chi connectivity index (χ2n) is 6.50. The molecule has 16 heavy (non-hydrogen) atoms. The Bertz CT molecular complexity index is 269. The van der Waals surface area contributed by atoms with Crippen LogP contribution in [0.4, 0.5) is 0 Å². The number of hydrogen-bond acceptors (Lipinski definition) is 2. The summed E-state index contributed by atoms with van der Waals surface area (Å²) in [6, 6.07) is -0.100. The molecule has 0 heterocycles. The number of carbonyl (C=O) groups is 2. The van der Waals surface area contributed by atoms with E-state index in [1.807, 2.05) is 41.5 Å². The monoisotopic (exact) mass is 227 g/mol. The van der Waals surface area contributed by atoms with Gasteiger partial charge in [0, 0.05) is 24.8 Å². The first-order chi connectivity index (χ1) is 6.94. The predicted octanol–water partition coefficient (Wildman–Crippen LogP) is 2.54. The van der Waals surface area contributed by atoms with Gasteiger partial charge in [0.25, 0.3) is 0 Å². The van der Waals surface area contributed by atoms with Crippen molar-refractivity contribution in [2.24, 2.45) is 10.8 Å². The minimum Gasteiger partial charge on any atom is -0.353 e. The maximum Gasteiger partial charge on any atom is 0.217 e. The number of amides is 1. The Kier molecular flexibility index (Phi) is 4.71. The third-order valence-corrected chi connectivity index (χ3v) is 2.65. The van der Waals surface area contributed by atoms with Crippen molar-refractivity contribution in [1.82, 2.24) is 5.32 Å². The largest absolute Gasteiger partial charge is 0.353 e. The van der Waals surface area contributed by atoms with Crippen molar-refractivity contribution in [2.45, 2.75) is 60.9 Å². The number of ketones is 1. The number of rotatable bonds is 3. The zero-order valence-corrected chi connectivity index (χ0v) is 11.6. The molecule has 0 aliphatic heterocycles. The van der Waals surface area contributed by atoms with Gasteiger partial charge in [-0.25, -0.2) is 0 Å². The van der Waals surface area contributed by atoms with Gasteiger partial charge in [0.05, 0.1) is 0 Å². The molecule has 0 aliphatic carbocycles. The van der Waals surface area contributed by atoms with E-state index in [-0.39, 0.29) is 28.6 Å². The van der Waals surface area contributed by atoms with Crippen molar-refractivity contribution >= 4 is 11.7 Å². The van der Waals surface area contributed by atoms with E-state index >= 15 is 0 Å². The van der Waals surface area contributed by atoms with Crippen molar-refractivity contribution in [3.8, 4) is 0 Å². The standard InChI is InChI=1S/C13H25NO2/c1-9(15)14-10(12(2,3)4)8-11(16)13(5,6)7/h10H,8H2,1-7H3,(H,14,15). The Morgan fingerprint density at radius 3 is 1.75 bits per heavy atom. The smallest absolute Gasteiger partial charge is 0.217 e. The summed E-state index contributed by atoms with van der Waals surface area (Å²) in [5.41, 5.74) is -0.450. The lowest BCUT2D eigenvalue weighted by atomic mass is 9.79. The molecular weight excluding hydrogens is 202 g/mol. The van der Waals surface area contributed by atoms with E-state index in [1.54, 1.807) is 0 Å². The molecule has 0 aromatic rings. The highest BCUT2D eigenvalue weighted by molar-refractivity contribution is 5.85. The summed E-state index contributed by atoms with van der Waals surface area (Å²) in [7, 11) is 0. The van der Waals surface area contributed by atoms with Crippen LogP contribution < -0.4 is 5.32 Å². The number of carbonyl (C=O) groups excluding carboxylic acids is 2. The van der Waals surface area contributed by atoms with Crippen LogP contribution in [0.25, 0.3) is 0 Å². The first-order valence-electron chi connectivity index (χ1n) is 5.75.